The number of rotatable bonds is 17. The smallest absolute Gasteiger partial charge is 0.321 e. The summed E-state index contributed by atoms with van der Waals surface area (Å²) in [6, 6.07) is 23.4. The van der Waals surface area contributed by atoms with Crippen molar-refractivity contribution in [3.63, 3.8) is 0 Å². The molecule has 7 atom stereocenters. The lowest BCUT2D eigenvalue weighted by Gasteiger charge is -2.25. The summed E-state index contributed by atoms with van der Waals surface area (Å²) in [5.41, 5.74) is 5.56. The highest BCUT2D eigenvalue weighted by molar-refractivity contribution is 5.78. The van der Waals surface area contributed by atoms with Crippen LogP contribution in [-0.4, -0.2) is 94.9 Å². The highest BCUT2D eigenvalue weighted by atomic mass is 16.4. The molecule has 3 aromatic rings. The van der Waals surface area contributed by atoms with E-state index < -0.39 is 35.7 Å². The molecule has 0 spiro atoms. The van der Waals surface area contributed by atoms with Gasteiger partial charge in [0.25, 0.3) is 0 Å². The van der Waals surface area contributed by atoms with Gasteiger partial charge in [0.05, 0.1) is 23.8 Å². The number of urea groups is 1. The number of carbonyl (C=O) groups excluding carboxylic acids is 1. The Morgan fingerprint density at radius 3 is 1.43 bits per heavy atom. The maximum Gasteiger partial charge on any atom is 0.321 e. The molecule has 0 radical (unpaired) electrons. The first kappa shape index (κ1) is 39.5. The zero-order chi connectivity index (χ0) is 39.2. The number of carboxylic acid groups (broad SMARTS) is 3. The molecular weight excluding hydrogens is 711 g/mol. The van der Waals surface area contributed by atoms with Crippen LogP contribution in [0.2, 0.25) is 0 Å². The van der Waals surface area contributed by atoms with Crippen molar-refractivity contribution in [3.05, 3.63) is 106 Å². The van der Waals surface area contributed by atoms with Gasteiger partial charge in [-0.1, -0.05) is 72.8 Å². The fourth-order valence-corrected chi connectivity index (χ4v) is 9.54. The summed E-state index contributed by atoms with van der Waals surface area (Å²) >= 11 is 0. The SMILES string of the molecule is O=C(O)[C@@H](Cc1cccc(CN2C[C@@H](c3cccc(C[C@H](C(=O)O)[C@H]4CCNC4)c3)N(Cc3cccc(C[C@H](C(=O)O)[C@H]4CCNC4)c3)C2=O)c1)[C@H]1CCNC1. The van der Waals surface area contributed by atoms with Crippen LogP contribution in [0.5, 0.6) is 0 Å². The Labute approximate surface area is 328 Å². The van der Waals surface area contributed by atoms with Crippen molar-refractivity contribution in [2.24, 2.45) is 35.5 Å². The minimum absolute atomic E-state index is 0.0607. The van der Waals surface area contributed by atoms with Crippen LogP contribution in [-0.2, 0) is 46.7 Å². The minimum atomic E-state index is -0.793. The molecule has 4 aliphatic rings. The second kappa shape index (κ2) is 18.0. The van der Waals surface area contributed by atoms with E-state index in [1.807, 2.05) is 76.5 Å². The van der Waals surface area contributed by atoms with Crippen molar-refractivity contribution in [1.29, 1.82) is 0 Å². The number of carboxylic acids is 3. The Morgan fingerprint density at radius 2 is 1.00 bits per heavy atom. The summed E-state index contributed by atoms with van der Waals surface area (Å²) in [6.45, 7) is 5.66. The van der Waals surface area contributed by atoms with E-state index in [4.69, 9.17) is 0 Å². The Bertz CT molecular complexity index is 1870. The second-order valence-corrected chi connectivity index (χ2v) is 16.4. The summed E-state index contributed by atoms with van der Waals surface area (Å²) in [4.78, 5) is 55.1. The van der Waals surface area contributed by atoms with E-state index in [9.17, 15) is 34.5 Å². The standard InChI is InChI=1S/C44H55N5O7/c50-41(51)37(34-10-13-45-22-34)19-28-4-1-7-31(16-28)25-48-27-40(33-9-3-6-30(18-33)21-39(43(54)55)36-12-15-47-24-36)49(44(48)56)26-32-8-2-5-29(17-32)20-38(42(52)53)35-11-14-46-23-35/h1-9,16-18,34-40,45-47H,10-15,19-27H2,(H,50,51)(H,52,53)(H,54,55)/t34-,35-,36-,37-,38-,39-,40-/m0/s1. The highest BCUT2D eigenvalue weighted by Gasteiger charge is 2.39. The van der Waals surface area contributed by atoms with Crippen molar-refractivity contribution in [2.75, 3.05) is 45.8 Å². The maximum absolute atomic E-state index is 14.5. The van der Waals surface area contributed by atoms with Crippen molar-refractivity contribution < 1.29 is 34.5 Å². The molecule has 6 N–H and O–H groups in total. The lowest BCUT2D eigenvalue weighted by Crippen LogP contribution is -2.32. The van der Waals surface area contributed by atoms with Gasteiger partial charge in [-0.3, -0.25) is 14.4 Å². The summed E-state index contributed by atoms with van der Waals surface area (Å²) in [6.07, 6.45) is 3.75. The molecule has 4 fully saturated rings. The van der Waals surface area contributed by atoms with E-state index in [0.717, 1.165) is 72.3 Å². The maximum atomic E-state index is 14.5. The topological polar surface area (TPSA) is 172 Å². The number of nitrogens with one attached hydrogen (secondary N) is 3. The Hall–Kier alpha value is -4.78. The van der Waals surface area contributed by atoms with Crippen LogP contribution in [0.3, 0.4) is 0 Å². The molecule has 4 aliphatic heterocycles. The molecule has 0 saturated carbocycles. The fourth-order valence-electron chi connectivity index (χ4n) is 9.54. The van der Waals surface area contributed by atoms with Gasteiger partial charge in [0, 0.05) is 19.6 Å². The van der Waals surface area contributed by atoms with E-state index in [-0.39, 0.29) is 29.8 Å². The number of hydrogen-bond donors (Lipinski definition) is 6. The molecule has 0 unspecified atom stereocenters. The molecule has 7 rings (SSSR count). The number of carbonyl (C=O) groups is 4. The van der Waals surface area contributed by atoms with Gasteiger partial charge in [-0.05, 0) is 129 Å². The number of nitrogens with zero attached hydrogens (tertiary/aromatic N) is 2. The quantitative estimate of drug-likeness (QED) is 0.116. The summed E-state index contributed by atoms with van der Waals surface area (Å²) in [5.74, 6) is -3.64. The van der Waals surface area contributed by atoms with Gasteiger partial charge in [-0.2, -0.15) is 0 Å². The van der Waals surface area contributed by atoms with E-state index in [2.05, 4.69) is 22.0 Å². The van der Waals surface area contributed by atoms with Crippen LogP contribution in [0.1, 0.15) is 58.7 Å². The van der Waals surface area contributed by atoms with Crippen LogP contribution in [0.4, 0.5) is 4.79 Å². The average molecular weight is 766 g/mol. The molecule has 12 nitrogen and oxygen atoms in total. The molecule has 0 bridgehead atoms. The Balaban J connectivity index is 1.13. The largest absolute Gasteiger partial charge is 0.481 e. The van der Waals surface area contributed by atoms with Gasteiger partial charge >= 0.3 is 23.9 Å². The van der Waals surface area contributed by atoms with Crippen LogP contribution < -0.4 is 16.0 Å². The van der Waals surface area contributed by atoms with Gasteiger partial charge in [-0.25, -0.2) is 4.79 Å². The number of hydrogen-bond acceptors (Lipinski definition) is 7. The zero-order valence-electron chi connectivity index (χ0n) is 31.9. The molecule has 0 aliphatic carbocycles. The van der Waals surface area contributed by atoms with E-state index in [1.165, 1.54) is 0 Å². The number of amides is 2. The Kier molecular flexibility index (Phi) is 12.7. The highest BCUT2D eigenvalue weighted by Crippen LogP contribution is 2.35. The van der Waals surface area contributed by atoms with E-state index in [0.29, 0.717) is 58.5 Å². The van der Waals surface area contributed by atoms with Crippen molar-refractivity contribution in [3.8, 4) is 0 Å². The van der Waals surface area contributed by atoms with Crippen molar-refractivity contribution >= 4 is 23.9 Å². The van der Waals surface area contributed by atoms with Crippen molar-refractivity contribution in [1.82, 2.24) is 25.8 Å². The normalized spacial score (nSPS) is 24.0. The first-order chi connectivity index (χ1) is 27.1. The third-order valence-electron chi connectivity index (χ3n) is 12.7. The molecule has 56 heavy (non-hydrogen) atoms. The first-order valence-electron chi connectivity index (χ1n) is 20.2. The molecule has 3 aromatic carbocycles. The van der Waals surface area contributed by atoms with Crippen LogP contribution >= 0.6 is 0 Å². The van der Waals surface area contributed by atoms with Crippen LogP contribution in [0.25, 0.3) is 0 Å². The van der Waals surface area contributed by atoms with Gasteiger partial charge in [0.2, 0.25) is 0 Å². The van der Waals surface area contributed by atoms with Gasteiger partial charge in [0.15, 0.2) is 0 Å². The van der Waals surface area contributed by atoms with Crippen LogP contribution in [0.15, 0.2) is 72.8 Å². The van der Waals surface area contributed by atoms with E-state index >= 15 is 0 Å². The average Bonchev–Trinajstić information content (AvgIpc) is 4.03. The molecule has 4 heterocycles. The number of benzene rings is 3. The monoisotopic (exact) mass is 765 g/mol. The molecular formula is C44H55N5O7. The van der Waals surface area contributed by atoms with Crippen LogP contribution in [0, 0.1) is 35.5 Å². The molecule has 0 aromatic heterocycles. The fraction of sp³-hybridized carbons (Fsp3) is 0.500. The molecule has 4 saturated heterocycles. The lowest BCUT2D eigenvalue weighted by molar-refractivity contribution is -0.144. The predicted molar refractivity (Wildman–Crippen MR) is 211 cm³/mol. The summed E-state index contributed by atoms with van der Waals surface area (Å²) in [5, 5.41) is 40.2. The third kappa shape index (κ3) is 9.42. The summed E-state index contributed by atoms with van der Waals surface area (Å²) in [7, 11) is 0. The molecule has 298 valence electrons. The molecule has 2 amide bonds. The molecule has 12 heteroatoms. The second-order valence-electron chi connectivity index (χ2n) is 16.4. The van der Waals surface area contributed by atoms with Gasteiger partial charge in [0.1, 0.15) is 0 Å². The van der Waals surface area contributed by atoms with Crippen molar-refractivity contribution in [2.45, 2.75) is 57.7 Å². The van der Waals surface area contributed by atoms with E-state index in [1.54, 1.807) is 0 Å². The summed E-state index contributed by atoms with van der Waals surface area (Å²) < 4.78 is 0. The zero-order valence-corrected chi connectivity index (χ0v) is 31.9. The first-order valence-corrected chi connectivity index (χ1v) is 20.2. The van der Waals surface area contributed by atoms with Gasteiger partial charge in [-0.15, -0.1) is 0 Å². The predicted octanol–water partition coefficient (Wildman–Crippen LogP) is 4.42. The van der Waals surface area contributed by atoms with Gasteiger partial charge < -0.3 is 41.1 Å². The Morgan fingerprint density at radius 1 is 0.589 bits per heavy atom. The third-order valence-corrected chi connectivity index (χ3v) is 12.7. The minimum Gasteiger partial charge on any atom is -0.481 e. The lowest BCUT2D eigenvalue weighted by atomic mass is 9.85. The number of aliphatic carboxylic acids is 3.